The molecule has 9 nitrogen and oxygen atoms in total. The van der Waals surface area contributed by atoms with Crippen molar-refractivity contribution in [3.8, 4) is 5.75 Å². The van der Waals surface area contributed by atoms with Crippen LogP contribution in [-0.2, 0) is 20.8 Å². The maximum absolute atomic E-state index is 13.8. The lowest BCUT2D eigenvalue weighted by atomic mass is 9.57. The minimum atomic E-state index is -2.62. The number of hydrogen-bond donors (Lipinski definition) is 5. The molecule has 1 aromatic rings. The molecule has 6 N–H and O–H groups in total. The molecule has 0 bridgehead atoms. The quantitative estimate of drug-likeness (QED) is 0.320. The van der Waals surface area contributed by atoms with Crippen LogP contribution in [0.4, 0.5) is 0 Å². The van der Waals surface area contributed by atoms with Gasteiger partial charge in [0.1, 0.15) is 22.8 Å². The maximum Gasteiger partial charge on any atom is 0.255 e. The molecule has 0 aromatic heterocycles. The second-order valence-electron chi connectivity index (χ2n) is 10.1. The number of carbonyl (C=O) groups is 3. The predicted octanol–water partition coefficient (Wildman–Crippen LogP) is 1.40. The predicted molar refractivity (Wildman–Crippen MR) is 125 cm³/mol. The smallest absolute Gasteiger partial charge is 0.255 e. The van der Waals surface area contributed by atoms with Crippen molar-refractivity contribution in [2.24, 2.45) is 17.6 Å². The van der Waals surface area contributed by atoms with Gasteiger partial charge < -0.3 is 26.2 Å². The fourth-order valence-electron chi connectivity index (χ4n) is 6.51. The van der Waals surface area contributed by atoms with Gasteiger partial charge in [0.15, 0.2) is 11.4 Å². The summed E-state index contributed by atoms with van der Waals surface area (Å²) in [7, 11) is 3.16. The summed E-state index contributed by atoms with van der Waals surface area (Å²) in [5, 5.41) is 44.4. The third-order valence-corrected chi connectivity index (χ3v) is 8.05. The number of nitrogens with zero attached hydrogens (tertiary/aromatic N) is 1. The zero-order valence-electron chi connectivity index (χ0n) is 19.5. The van der Waals surface area contributed by atoms with Gasteiger partial charge in [-0.1, -0.05) is 18.2 Å². The molecule has 1 fully saturated rings. The van der Waals surface area contributed by atoms with E-state index in [0.29, 0.717) is 6.42 Å². The molecule has 0 radical (unpaired) electrons. The number of phenols is 1. The molecule has 184 valence electrons. The number of nitrogens with two attached hydrogens (primary N) is 1. The van der Waals surface area contributed by atoms with Crippen molar-refractivity contribution in [2.45, 2.75) is 43.2 Å². The molecule has 5 rings (SSSR count). The Morgan fingerprint density at radius 1 is 1.17 bits per heavy atom. The highest BCUT2D eigenvalue weighted by Crippen LogP contribution is 2.53. The highest BCUT2D eigenvalue weighted by molar-refractivity contribution is 6.24. The molecule has 0 aliphatic heterocycles. The van der Waals surface area contributed by atoms with E-state index in [0.717, 1.165) is 24.0 Å². The van der Waals surface area contributed by atoms with Crippen LogP contribution in [0.15, 0.2) is 41.2 Å². The minimum Gasteiger partial charge on any atom is -0.508 e. The highest BCUT2D eigenvalue weighted by atomic mass is 16.3. The molecule has 0 saturated heterocycles. The molecule has 4 aliphatic rings. The Bertz CT molecular complexity index is 1270. The van der Waals surface area contributed by atoms with Crippen molar-refractivity contribution in [1.29, 1.82) is 0 Å². The molecule has 35 heavy (non-hydrogen) atoms. The summed E-state index contributed by atoms with van der Waals surface area (Å²) in [6.07, 6.45) is 6.38. The number of likely N-dealkylation sites (N-methyl/N-ethyl adjacent to an activating group) is 1. The monoisotopic (exact) mass is 480 g/mol. The first-order chi connectivity index (χ1) is 16.5. The molecule has 4 aliphatic carbocycles. The van der Waals surface area contributed by atoms with Gasteiger partial charge in [0, 0.05) is 17.4 Å². The van der Waals surface area contributed by atoms with Crippen molar-refractivity contribution >= 4 is 23.2 Å². The Labute approximate surface area is 201 Å². The lowest BCUT2D eigenvalue weighted by molar-refractivity contribution is -0.153. The van der Waals surface area contributed by atoms with Gasteiger partial charge in [-0.15, -0.1) is 0 Å². The van der Waals surface area contributed by atoms with Crippen molar-refractivity contribution in [1.82, 2.24) is 4.90 Å². The number of aliphatic hydroxyl groups is 3. The molecule has 0 heterocycles. The van der Waals surface area contributed by atoms with Crippen LogP contribution in [-0.4, -0.2) is 68.5 Å². The second kappa shape index (κ2) is 7.79. The Hall–Kier alpha value is -3.43. The zero-order chi connectivity index (χ0) is 25.4. The number of amides is 1. The number of phenolic OH excluding ortho intramolecular Hbond substituents is 1. The topological polar surface area (TPSA) is 161 Å². The first kappa shape index (κ1) is 23.3. The van der Waals surface area contributed by atoms with E-state index in [1.165, 1.54) is 11.0 Å². The third kappa shape index (κ3) is 3.04. The number of benzene rings is 1. The molecule has 1 saturated carbocycles. The van der Waals surface area contributed by atoms with E-state index in [4.69, 9.17) is 5.73 Å². The number of Topliss-reactive ketones (excluding diaryl/α,β-unsaturated/α-hetero) is 2. The van der Waals surface area contributed by atoms with Crippen LogP contribution < -0.4 is 5.73 Å². The van der Waals surface area contributed by atoms with E-state index >= 15 is 0 Å². The van der Waals surface area contributed by atoms with E-state index in [2.05, 4.69) is 12.2 Å². The van der Waals surface area contributed by atoms with E-state index in [1.807, 2.05) is 6.07 Å². The van der Waals surface area contributed by atoms with Crippen molar-refractivity contribution in [3.05, 3.63) is 57.9 Å². The molecule has 1 aromatic carbocycles. The van der Waals surface area contributed by atoms with Gasteiger partial charge in [-0.05, 0) is 62.9 Å². The second-order valence-corrected chi connectivity index (χ2v) is 10.1. The highest BCUT2D eigenvalue weighted by Gasteiger charge is 2.64. The van der Waals surface area contributed by atoms with Crippen LogP contribution in [0.25, 0.3) is 5.76 Å². The number of hydrogen-bond acceptors (Lipinski definition) is 8. The first-order valence-corrected chi connectivity index (χ1v) is 11.7. The Kier molecular flexibility index (Phi) is 5.19. The van der Waals surface area contributed by atoms with Gasteiger partial charge in [0.05, 0.1) is 11.6 Å². The molecule has 5 atom stereocenters. The van der Waals surface area contributed by atoms with Crippen LogP contribution in [0.3, 0.4) is 0 Å². The Morgan fingerprint density at radius 2 is 1.89 bits per heavy atom. The SMILES string of the molecule is CN(C)[C@H]1C(=O)C(C(N)=O)=C(O)[C@@]2(O)C(=O)C3=C(O)c4c(O)ccc(C5C=CCC5)c4C[C@@H]3C[C@H]12. The number of aliphatic hydroxyl groups excluding tert-OH is 2. The number of ketones is 2. The zero-order valence-corrected chi connectivity index (χ0v) is 19.5. The normalized spacial score (nSPS) is 32.1. The van der Waals surface area contributed by atoms with Gasteiger partial charge in [-0.25, -0.2) is 0 Å². The number of fused-ring (bicyclic) bond motifs is 3. The Morgan fingerprint density at radius 3 is 2.49 bits per heavy atom. The lowest BCUT2D eigenvalue weighted by Crippen LogP contribution is -2.65. The molecular weight excluding hydrogens is 452 g/mol. The van der Waals surface area contributed by atoms with E-state index in [-0.39, 0.29) is 29.2 Å². The fourth-order valence-corrected chi connectivity index (χ4v) is 6.51. The summed E-state index contributed by atoms with van der Waals surface area (Å²) in [6, 6.07) is 2.22. The van der Waals surface area contributed by atoms with E-state index in [9.17, 15) is 34.8 Å². The fraction of sp³-hybridized carbons (Fsp3) is 0.423. The average molecular weight is 481 g/mol. The van der Waals surface area contributed by atoms with E-state index < -0.39 is 58.0 Å². The third-order valence-electron chi connectivity index (χ3n) is 8.05. The lowest BCUT2D eigenvalue weighted by Gasteiger charge is -2.50. The molecule has 1 unspecified atom stereocenters. The molecule has 1 amide bonds. The van der Waals surface area contributed by atoms with Crippen molar-refractivity contribution in [2.75, 3.05) is 14.1 Å². The van der Waals surface area contributed by atoms with Gasteiger partial charge >= 0.3 is 0 Å². The summed E-state index contributed by atoms with van der Waals surface area (Å²) < 4.78 is 0. The van der Waals surface area contributed by atoms with Gasteiger partial charge in [0.25, 0.3) is 5.91 Å². The van der Waals surface area contributed by atoms with Gasteiger partial charge in [0.2, 0.25) is 5.78 Å². The van der Waals surface area contributed by atoms with Crippen molar-refractivity contribution < 1.29 is 34.8 Å². The molecular formula is C26H28N2O7. The van der Waals surface area contributed by atoms with Crippen LogP contribution in [0.5, 0.6) is 5.75 Å². The number of carbonyl (C=O) groups excluding carboxylic acids is 3. The summed E-state index contributed by atoms with van der Waals surface area (Å²) >= 11 is 0. The molecule has 0 spiro atoms. The summed E-state index contributed by atoms with van der Waals surface area (Å²) in [5.74, 6) is -6.26. The standard InChI is InChI=1S/C26H28N2O7/c1-28(2)20-15-10-12-9-14-13(11-5-3-4-6-11)7-8-16(29)18(14)21(30)17(12)23(32)26(15,35)24(33)19(22(20)31)25(27)34/h3,5,7-8,11-12,15,20,29-30,33,35H,4,6,9-10H2,1-2H3,(H2,27,34)/t11?,12-,15-,20-,26+/m1/s1. The van der Waals surface area contributed by atoms with Crippen LogP contribution >= 0.6 is 0 Å². The average Bonchev–Trinajstić information content (AvgIpc) is 3.30. The summed E-state index contributed by atoms with van der Waals surface area (Å²) in [4.78, 5) is 40.5. The number of aromatic hydroxyl groups is 1. The van der Waals surface area contributed by atoms with Crippen LogP contribution in [0.2, 0.25) is 0 Å². The maximum atomic E-state index is 13.8. The minimum absolute atomic E-state index is 0.0847. The van der Waals surface area contributed by atoms with Crippen LogP contribution in [0.1, 0.15) is 41.9 Å². The van der Waals surface area contributed by atoms with Gasteiger partial charge in [-0.2, -0.15) is 0 Å². The largest absolute Gasteiger partial charge is 0.508 e. The number of allylic oxidation sites excluding steroid dienone is 2. The summed E-state index contributed by atoms with van der Waals surface area (Å²) in [5.41, 5.74) is 3.59. The number of rotatable bonds is 3. The Balaban J connectivity index is 1.73. The van der Waals surface area contributed by atoms with Crippen LogP contribution in [0, 0.1) is 11.8 Å². The molecule has 9 heteroatoms. The van der Waals surface area contributed by atoms with E-state index in [1.54, 1.807) is 14.1 Å². The number of primary amides is 1. The summed E-state index contributed by atoms with van der Waals surface area (Å²) in [6.45, 7) is 0. The van der Waals surface area contributed by atoms with Crippen molar-refractivity contribution in [3.63, 3.8) is 0 Å². The van der Waals surface area contributed by atoms with Gasteiger partial charge in [-0.3, -0.25) is 19.3 Å². The first-order valence-electron chi connectivity index (χ1n) is 11.7.